The Hall–Kier alpha value is 0.516. The Bertz CT molecular complexity index is 193. The summed E-state index contributed by atoms with van der Waals surface area (Å²) < 4.78 is 1.00. The molecule has 1 aromatic carbocycles. The minimum atomic E-state index is 0. The van der Waals surface area contributed by atoms with E-state index < -0.39 is 0 Å². The number of nitrogens with one attached hydrogen (secondary N) is 1. The zero-order chi connectivity index (χ0) is 9.40. The smallest absolute Gasteiger partial charge is 0.698 e. The molecule has 0 saturated carbocycles. The fraction of sp³-hybridized carbons (Fsp3) is 0.300. The second-order valence-electron chi connectivity index (χ2n) is 2.33. The second-order valence-corrected chi connectivity index (χ2v) is 3.50. The van der Waals surface area contributed by atoms with Crippen LogP contribution in [-0.2, 0) is 0 Å². The van der Waals surface area contributed by atoms with Crippen molar-refractivity contribution in [1.82, 2.24) is 0 Å². The van der Waals surface area contributed by atoms with E-state index in [0.29, 0.717) is 5.69 Å². The zero-order valence-electron chi connectivity index (χ0n) is 8.02. The molecular formula is C10H14IMgN. The summed E-state index contributed by atoms with van der Waals surface area (Å²) in [6, 6.07) is 7.50. The third-order valence-corrected chi connectivity index (χ3v) is 2.17. The van der Waals surface area contributed by atoms with Gasteiger partial charge in [-0.1, -0.05) is 37.6 Å². The summed E-state index contributed by atoms with van der Waals surface area (Å²) in [6.07, 6.45) is 2.28. The third-order valence-electron chi connectivity index (χ3n) is 1.23. The molecule has 0 atom stereocenters. The van der Waals surface area contributed by atoms with E-state index in [1.54, 1.807) is 6.07 Å². The van der Waals surface area contributed by atoms with Gasteiger partial charge in [0, 0.05) is 0 Å². The van der Waals surface area contributed by atoms with Gasteiger partial charge in [-0.15, -0.1) is 5.69 Å². The monoisotopic (exact) mass is 299 g/mol. The van der Waals surface area contributed by atoms with Crippen LogP contribution >= 0.6 is 22.6 Å². The Morgan fingerprint density at radius 2 is 1.85 bits per heavy atom. The maximum Gasteiger partial charge on any atom is 2.00 e. The SMILES string of the molecule is [CH2-]CCC.[Mg+2].[NH-]c1ccccc1I. The Labute approximate surface area is 111 Å². The van der Waals surface area contributed by atoms with Crippen LogP contribution in [0, 0.1) is 10.5 Å². The third kappa shape index (κ3) is 8.84. The Balaban J connectivity index is 0. The standard InChI is InChI=1S/C6H5IN.C4H9.Mg/c7-5-3-1-2-4-6(5)8;1-3-4-2;/h1-4,8H;1,3-4H2,2H3;/q2*-1;+2. The van der Waals surface area contributed by atoms with Crippen LogP contribution < -0.4 is 0 Å². The molecule has 1 aromatic rings. The first-order valence-corrected chi connectivity index (χ1v) is 5.05. The Morgan fingerprint density at radius 3 is 2.08 bits per heavy atom. The van der Waals surface area contributed by atoms with Crippen LogP contribution in [0.4, 0.5) is 5.69 Å². The molecule has 0 aromatic heterocycles. The van der Waals surface area contributed by atoms with Gasteiger partial charge in [-0.3, -0.25) is 0 Å². The van der Waals surface area contributed by atoms with E-state index in [0.717, 1.165) is 9.99 Å². The van der Waals surface area contributed by atoms with E-state index in [1.807, 2.05) is 18.2 Å². The fourth-order valence-electron chi connectivity index (χ4n) is 0.461. The zero-order valence-corrected chi connectivity index (χ0v) is 11.6. The van der Waals surface area contributed by atoms with E-state index in [9.17, 15) is 0 Å². The van der Waals surface area contributed by atoms with Gasteiger partial charge < -0.3 is 12.7 Å². The molecule has 0 spiro atoms. The largest absolute Gasteiger partial charge is 2.00 e. The topological polar surface area (TPSA) is 23.8 Å². The van der Waals surface area contributed by atoms with Gasteiger partial charge >= 0.3 is 23.1 Å². The van der Waals surface area contributed by atoms with Gasteiger partial charge in [0.05, 0.1) is 0 Å². The van der Waals surface area contributed by atoms with Crippen LogP contribution in [0.3, 0.4) is 0 Å². The number of rotatable bonds is 1. The number of halogens is 1. The molecule has 0 fully saturated rings. The van der Waals surface area contributed by atoms with Crippen molar-refractivity contribution in [3.05, 3.63) is 40.5 Å². The van der Waals surface area contributed by atoms with Crippen LogP contribution in [0.5, 0.6) is 0 Å². The number of hydrogen-bond donors (Lipinski definition) is 0. The molecule has 68 valence electrons. The van der Waals surface area contributed by atoms with Gasteiger partial charge in [0.1, 0.15) is 0 Å². The second kappa shape index (κ2) is 10.6. The predicted molar refractivity (Wildman–Crippen MR) is 69.2 cm³/mol. The molecule has 0 heterocycles. The first kappa shape index (κ1) is 16.0. The summed E-state index contributed by atoms with van der Waals surface area (Å²) in [5.74, 6) is 0. The molecule has 0 saturated heterocycles. The van der Waals surface area contributed by atoms with Crippen LogP contribution in [-0.4, -0.2) is 23.1 Å². The minimum Gasteiger partial charge on any atom is -0.698 e. The minimum absolute atomic E-state index is 0. The number of unbranched alkanes of at least 4 members (excludes halogenated alkanes) is 1. The van der Waals surface area contributed by atoms with Crippen LogP contribution in [0.25, 0.3) is 5.73 Å². The average molecular weight is 299 g/mol. The summed E-state index contributed by atoms with van der Waals surface area (Å²) >= 11 is 2.14. The molecule has 1 rings (SSSR count). The first-order chi connectivity index (χ1) is 5.72. The van der Waals surface area contributed by atoms with E-state index >= 15 is 0 Å². The molecule has 0 radical (unpaired) electrons. The van der Waals surface area contributed by atoms with E-state index in [4.69, 9.17) is 5.73 Å². The van der Waals surface area contributed by atoms with Gasteiger partial charge in [0.25, 0.3) is 0 Å². The van der Waals surface area contributed by atoms with Crippen molar-refractivity contribution in [2.75, 3.05) is 0 Å². The van der Waals surface area contributed by atoms with Crippen molar-refractivity contribution in [3.8, 4) is 0 Å². The van der Waals surface area contributed by atoms with Crippen LogP contribution in [0.1, 0.15) is 19.8 Å². The van der Waals surface area contributed by atoms with Crippen molar-refractivity contribution < 1.29 is 0 Å². The molecule has 0 aliphatic carbocycles. The molecule has 0 unspecified atom stereocenters. The summed E-state index contributed by atoms with van der Waals surface area (Å²) in [5, 5.41) is 0. The maximum absolute atomic E-state index is 7.21. The molecule has 0 aliphatic rings. The van der Waals surface area contributed by atoms with Gasteiger partial charge in [0.15, 0.2) is 0 Å². The quantitative estimate of drug-likeness (QED) is 0.421. The van der Waals surface area contributed by atoms with Crippen molar-refractivity contribution >= 4 is 51.3 Å². The van der Waals surface area contributed by atoms with E-state index in [2.05, 4.69) is 36.4 Å². The first-order valence-electron chi connectivity index (χ1n) is 3.97. The number of benzene rings is 1. The molecule has 1 nitrogen and oxygen atoms in total. The van der Waals surface area contributed by atoms with Crippen molar-refractivity contribution in [1.29, 1.82) is 0 Å². The summed E-state index contributed by atoms with van der Waals surface area (Å²) in [4.78, 5) is 0. The predicted octanol–water partition coefficient (Wildman–Crippen LogP) is 4.21. The molecule has 3 heteroatoms. The molecule has 0 bridgehead atoms. The normalized spacial score (nSPS) is 7.92. The molecule has 1 N–H and O–H groups in total. The van der Waals surface area contributed by atoms with E-state index in [-0.39, 0.29) is 23.1 Å². The average Bonchev–Trinajstić information content (AvgIpc) is 2.11. The molecule has 0 amide bonds. The van der Waals surface area contributed by atoms with Crippen molar-refractivity contribution in [2.24, 2.45) is 0 Å². The fourth-order valence-corrected chi connectivity index (χ4v) is 0.849. The van der Waals surface area contributed by atoms with Gasteiger partial charge in [-0.25, -0.2) is 0 Å². The molecular weight excluding hydrogens is 285 g/mol. The summed E-state index contributed by atoms with van der Waals surface area (Å²) in [7, 11) is 0. The van der Waals surface area contributed by atoms with Gasteiger partial charge in [0.2, 0.25) is 0 Å². The Morgan fingerprint density at radius 1 is 1.38 bits per heavy atom. The van der Waals surface area contributed by atoms with Crippen molar-refractivity contribution in [3.63, 3.8) is 0 Å². The van der Waals surface area contributed by atoms with E-state index in [1.165, 1.54) is 6.42 Å². The van der Waals surface area contributed by atoms with Crippen LogP contribution in [0.15, 0.2) is 24.3 Å². The van der Waals surface area contributed by atoms with Gasteiger partial charge in [-0.05, 0) is 26.2 Å². The number of hydrogen-bond acceptors (Lipinski definition) is 0. The Kier molecular flexibility index (Phi) is 13.0. The summed E-state index contributed by atoms with van der Waals surface area (Å²) in [5.41, 5.74) is 7.82. The summed E-state index contributed by atoms with van der Waals surface area (Å²) in [6.45, 7) is 5.72. The maximum atomic E-state index is 7.21. The van der Waals surface area contributed by atoms with Gasteiger partial charge in [-0.2, -0.15) is 6.42 Å². The van der Waals surface area contributed by atoms with Crippen molar-refractivity contribution in [2.45, 2.75) is 19.8 Å². The molecule has 13 heavy (non-hydrogen) atoms. The molecule has 0 aliphatic heterocycles. The van der Waals surface area contributed by atoms with Crippen LogP contribution in [0.2, 0.25) is 0 Å².